The first kappa shape index (κ1) is 79.7. The van der Waals surface area contributed by atoms with E-state index in [2.05, 4.69) is 156 Å². The van der Waals surface area contributed by atoms with Gasteiger partial charge in [0.1, 0.15) is 0 Å². The van der Waals surface area contributed by atoms with Gasteiger partial charge in [-0.3, -0.25) is 9.59 Å². The quantitative estimate of drug-likeness (QED) is 0.0359. The normalized spacial score (nSPS) is 17.0. The molecular formula is C93H141N3O2S2. The number of hydrogen-bond donors (Lipinski definition) is 0. The van der Waals surface area contributed by atoms with Gasteiger partial charge in [-0.1, -0.05) is 344 Å². The van der Waals surface area contributed by atoms with E-state index >= 15 is 9.59 Å². The molecule has 0 saturated carbocycles. The van der Waals surface area contributed by atoms with E-state index in [0.717, 1.165) is 94.5 Å². The topological polar surface area (TPSA) is 45.6 Å². The van der Waals surface area contributed by atoms with Crippen LogP contribution in [0, 0.1) is 17.8 Å². The number of carbonyl (C=O) groups excluding carboxylic acids is 2. The average Bonchev–Trinajstić information content (AvgIpc) is 1.57. The van der Waals surface area contributed by atoms with E-state index in [-0.39, 0.29) is 22.6 Å². The van der Waals surface area contributed by atoms with E-state index in [9.17, 15) is 0 Å². The predicted molar refractivity (Wildman–Crippen MR) is 441 cm³/mol. The van der Waals surface area contributed by atoms with Gasteiger partial charge in [-0.05, 0) is 127 Å². The molecular weight excluding hydrogens is 1260 g/mol. The lowest BCUT2D eigenvalue weighted by Gasteiger charge is -2.27. The first-order chi connectivity index (χ1) is 48.7. The molecule has 2 amide bonds. The molecule has 5 nitrogen and oxygen atoms in total. The lowest BCUT2D eigenvalue weighted by molar-refractivity contribution is -0.114. The zero-order valence-electron chi connectivity index (χ0n) is 65.6. The van der Waals surface area contributed by atoms with E-state index in [4.69, 9.17) is 0 Å². The Labute approximate surface area is 619 Å². The van der Waals surface area contributed by atoms with Gasteiger partial charge in [0.2, 0.25) is 0 Å². The largest absolute Gasteiger partial charge is 0.340 e. The van der Waals surface area contributed by atoms with Crippen LogP contribution >= 0.6 is 22.7 Å². The van der Waals surface area contributed by atoms with Crippen LogP contribution < -0.4 is 20.2 Å². The van der Waals surface area contributed by atoms with Crippen molar-refractivity contribution >= 4 is 78.8 Å². The van der Waals surface area contributed by atoms with Crippen molar-refractivity contribution in [2.24, 2.45) is 17.8 Å². The van der Waals surface area contributed by atoms with Crippen molar-refractivity contribution in [1.29, 1.82) is 0 Å². The second-order valence-corrected chi connectivity index (χ2v) is 35.9. The highest BCUT2D eigenvalue weighted by Gasteiger charge is 2.39. The Morgan fingerprint density at radius 3 is 1.53 bits per heavy atom. The standard InChI is InChI=1S/C93H141N3O2S2/c1-11-16-20-23-26-29-31-36-41-46-52-72-53-48-43-38-33-34-39-44-49-63-93(9,10)87-62-61-86(100-87)89-79-67-82-78(66-83(79)96(91(89)98)70-73(51-45-40-35-28-25-22-18-13-3)54-47-42-37-32-30-27-24-21-17-12-2)88(90(97)95(82)69-72)85-60-59-84(99-85)74-55-57-76-77-58-56-75(92(6,7)8)65-81(77)94(80(76)64-74)68-71(15-5)50-19-14-4/h55-62,64-67,71-73H,11-54,63,68-70H2,1-10H3. The van der Waals surface area contributed by atoms with Gasteiger partial charge in [-0.15, -0.1) is 22.7 Å². The van der Waals surface area contributed by atoms with Crippen LogP contribution in [0.5, 0.6) is 0 Å². The van der Waals surface area contributed by atoms with Crippen LogP contribution in [0.15, 0.2) is 72.8 Å². The van der Waals surface area contributed by atoms with E-state index in [1.807, 2.05) is 11.3 Å². The fraction of sp³-hybridized carbons (Fsp3) is 0.677. The molecule has 3 aromatic heterocycles. The second kappa shape index (κ2) is 41.3. The van der Waals surface area contributed by atoms with Gasteiger partial charge >= 0.3 is 0 Å². The summed E-state index contributed by atoms with van der Waals surface area (Å²) in [6, 6.07) is 28.5. The fourth-order valence-corrected chi connectivity index (χ4v) is 19.5. The van der Waals surface area contributed by atoms with E-state index in [0.29, 0.717) is 17.8 Å². The minimum Gasteiger partial charge on any atom is -0.340 e. The lowest BCUT2D eigenvalue weighted by Crippen LogP contribution is -2.35. The highest BCUT2D eigenvalue weighted by molar-refractivity contribution is 7.17. The summed E-state index contributed by atoms with van der Waals surface area (Å²) in [7, 11) is 0. The summed E-state index contributed by atoms with van der Waals surface area (Å²) in [6.45, 7) is 26.0. The molecule has 3 aromatic carbocycles. The molecule has 552 valence electrons. The molecule has 6 aromatic rings. The number of thiophene rings is 2. The fourth-order valence-electron chi connectivity index (χ4n) is 17.3. The van der Waals surface area contributed by atoms with Crippen LogP contribution in [0.3, 0.4) is 0 Å². The molecule has 7 heteroatoms. The Kier molecular flexibility index (Phi) is 32.9. The summed E-state index contributed by atoms with van der Waals surface area (Å²) in [5.41, 5.74) is 9.04. The van der Waals surface area contributed by atoms with Crippen LogP contribution in [0.2, 0.25) is 0 Å². The molecule has 0 saturated heterocycles. The molecule has 9 rings (SSSR count). The monoisotopic (exact) mass is 1400 g/mol. The number of rotatable bonds is 41. The van der Waals surface area contributed by atoms with Gasteiger partial charge in [-0.25, -0.2) is 0 Å². The average molecular weight is 1400 g/mol. The molecule has 6 heterocycles. The van der Waals surface area contributed by atoms with E-state index < -0.39 is 0 Å². The molecule has 0 radical (unpaired) electrons. The molecule has 0 aliphatic carbocycles. The Morgan fingerprint density at radius 1 is 0.460 bits per heavy atom. The van der Waals surface area contributed by atoms with Crippen LogP contribution in [0.25, 0.3) is 43.4 Å². The molecule has 4 bridgehead atoms. The Morgan fingerprint density at radius 2 is 0.940 bits per heavy atom. The van der Waals surface area contributed by atoms with Crippen LogP contribution in [0.1, 0.15) is 378 Å². The highest BCUT2D eigenvalue weighted by atomic mass is 32.1. The SMILES string of the molecule is CCCCCCCCCCCCC1CCCCCCCCCCC(C)(C)c2ccc(s2)C2=c3cc4c(cc3N(CC(CCCCCCCCCC)CCCCCCCCCCCC)C2=O)=C(c2ccc(-c3ccc5c6ccc(C(C)(C)C)cc6n(CC(CC)CCCC)c5c3)s2)C(=O)N4C1. The molecule has 100 heavy (non-hydrogen) atoms. The number of amides is 2. The molecule has 3 unspecified atom stereocenters. The number of nitrogens with zero attached hydrogens (tertiary/aromatic N) is 3. The number of aromatic nitrogens is 1. The second-order valence-electron chi connectivity index (χ2n) is 33.7. The third-order valence-electron chi connectivity index (χ3n) is 24.0. The molecule has 3 aliphatic heterocycles. The molecule has 0 spiro atoms. The Hall–Kier alpha value is -4.46. The Balaban J connectivity index is 1.14. The first-order valence-electron chi connectivity index (χ1n) is 42.5. The zero-order valence-corrected chi connectivity index (χ0v) is 67.2. The minimum absolute atomic E-state index is 0.0169. The number of carbonyl (C=O) groups is 2. The van der Waals surface area contributed by atoms with Crippen molar-refractivity contribution in [1.82, 2.24) is 4.57 Å². The molecule has 3 atom stereocenters. The number of benzene rings is 3. The number of anilines is 2. The third kappa shape index (κ3) is 22.3. The van der Waals surface area contributed by atoms with Gasteiger partial charge in [0.05, 0.1) is 22.5 Å². The summed E-state index contributed by atoms with van der Waals surface area (Å²) in [6.07, 6.45) is 58.1. The van der Waals surface area contributed by atoms with Crippen LogP contribution in [-0.2, 0) is 27.0 Å². The minimum atomic E-state index is 0.0169. The van der Waals surface area contributed by atoms with Gasteiger partial charge in [0, 0.05) is 71.4 Å². The number of fused-ring (bicyclic) bond motifs is 6. The predicted octanol–water partition coefficient (Wildman–Crippen LogP) is 27.8. The van der Waals surface area contributed by atoms with Gasteiger partial charge in [0.25, 0.3) is 11.8 Å². The van der Waals surface area contributed by atoms with Crippen molar-refractivity contribution in [3.8, 4) is 10.4 Å². The van der Waals surface area contributed by atoms with E-state index in [1.165, 1.54) is 300 Å². The van der Waals surface area contributed by atoms with Gasteiger partial charge < -0.3 is 14.4 Å². The highest BCUT2D eigenvalue weighted by Crippen LogP contribution is 2.43. The smallest absolute Gasteiger partial charge is 0.260 e. The molecule has 0 N–H and O–H groups in total. The van der Waals surface area contributed by atoms with Crippen molar-refractivity contribution < 1.29 is 9.59 Å². The first-order valence-corrected chi connectivity index (χ1v) is 44.2. The maximum absolute atomic E-state index is 16.3. The van der Waals surface area contributed by atoms with Crippen LogP contribution in [-0.4, -0.2) is 29.5 Å². The van der Waals surface area contributed by atoms with Crippen molar-refractivity contribution in [2.75, 3.05) is 22.9 Å². The zero-order chi connectivity index (χ0) is 70.7. The van der Waals surface area contributed by atoms with Gasteiger partial charge in [-0.2, -0.15) is 0 Å². The summed E-state index contributed by atoms with van der Waals surface area (Å²) in [5, 5.41) is 4.73. The van der Waals surface area contributed by atoms with Gasteiger partial charge in [0.15, 0.2) is 0 Å². The lowest BCUT2D eigenvalue weighted by atomic mass is 9.85. The maximum Gasteiger partial charge on any atom is 0.260 e. The van der Waals surface area contributed by atoms with E-state index in [1.54, 1.807) is 11.3 Å². The van der Waals surface area contributed by atoms with Crippen LogP contribution in [0.4, 0.5) is 11.4 Å². The third-order valence-corrected chi connectivity index (χ3v) is 26.6. The van der Waals surface area contributed by atoms with Crippen molar-refractivity contribution in [2.45, 2.75) is 376 Å². The maximum atomic E-state index is 16.3. The molecule has 3 aliphatic rings. The number of unbranched alkanes of at least 4 members (excludes halogenated alkanes) is 26. The van der Waals surface area contributed by atoms with Crippen molar-refractivity contribution in [3.05, 3.63) is 103 Å². The summed E-state index contributed by atoms with van der Waals surface area (Å²) in [4.78, 5) is 41.7. The summed E-state index contributed by atoms with van der Waals surface area (Å²) in [5.74, 6) is 1.74. The molecule has 0 fully saturated rings. The van der Waals surface area contributed by atoms with Crippen molar-refractivity contribution in [3.63, 3.8) is 0 Å². The summed E-state index contributed by atoms with van der Waals surface area (Å²) < 4.78 is 2.67. The summed E-state index contributed by atoms with van der Waals surface area (Å²) >= 11 is 3.66. The Bertz CT molecular complexity index is 3560. The number of hydrogen-bond acceptors (Lipinski definition) is 4.